The zero-order chi connectivity index (χ0) is 21.1. The van der Waals surface area contributed by atoms with Crippen molar-refractivity contribution >= 4 is 16.6 Å². The van der Waals surface area contributed by atoms with E-state index in [4.69, 9.17) is 9.47 Å². The van der Waals surface area contributed by atoms with E-state index in [2.05, 4.69) is 50.1 Å². The van der Waals surface area contributed by atoms with Gasteiger partial charge in [-0.05, 0) is 58.7 Å². The fourth-order valence-corrected chi connectivity index (χ4v) is 3.55. The molecule has 0 bridgehead atoms. The Kier molecular flexibility index (Phi) is 6.16. The molecule has 0 amide bonds. The number of aromatic nitrogens is 1. The first-order valence-electron chi connectivity index (χ1n) is 9.99. The molecule has 0 fully saturated rings. The van der Waals surface area contributed by atoms with Gasteiger partial charge in [-0.1, -0.05) is 27.7 Å². The van der Waals surface area contributed by atoms with Gasteiger partial charge in [0.1, 0.15) is 11.5 Å². The lowest BCUT2D eigenvalue weighted by atomic mass is 9.93. The Bertz CT molecular complexity index is 1040. The predicted octanol–water partition coefficient (Wildman–Crippen LogP) is 5.40. The molecule has 0 aliphatic carbocycles. The summed E-state index contributed by atoms with van der Waals surface area (Å²) in [4.78, 5) is 15.5. The van der Waals surface area contributed by atoms with Crippen molar-refractivity contribution in [2.75, 3.05) is 19.5 Å². The fourth-order valence-electron chi connectivity index (χ4n) is 3.55. The number of hydrogen-bond acceptors (Lipinski definition) is 4. The highest BCUT2D eigenvalue weighted by Gasteiger charge is 2.16. The second-order valence-corrected chi connectivity index (χ2v) is 7.93. The van der Waals surface area contributed by atoms with Crippen molar-refractivity contribution in [1.29, 1.82) is 0 Å². The van der Waals surface area contributed by atoms with Gasteiger partial charge in [0, 0.05) is 23.9 Å². The van der Waals surface area contributed by atoms with E-state index in [1.807, 2.05) is 24.3 Å². The number of pyridine rings is 1. The molecule has 2 N–H and O–H groups in total. The molecule has 0 aliphatic heterocycles. The summed E-state index contributed by atoms with van der Waals surface area (Å²) in [7, 11) is 3.34. The Hall–Kier alpha value is -2.95. The van der Waals surface area contributed by atoms with Gasteiger partial charge in [-0.2, -0.15) is 0 Å². The normalized spacial score (nSPS) is 11.3. The highest BCUT2D eigenvalue weighted by atomic mass is 16.5. The molecule has 0 radical (unpaired) electrons. The number of ether oxygens (including phenoxy) is 2. The molecule has 0 saturated carbocycles. The van der Waals surface area contributed by atoms with Gasteiger partial charge in [-0.25, -0.2) is 0 Å². The van der Waals surface area contributed by atoms with Crippen molar-refractivity contribution in [2.45, 2.75) is 46.1 Å². The fraction of sp³-hybridized carbons (Fsp3) is 0.375. The molecular formula is C24H30N2O3. The Balaban J connectivity index is 1.93. The average molecular weight is 395 g/mol. The SMILES string of the molecule is COc1ccc2cc(CNc3cc(C(C)C)c(OC)c(C(C)C)c3)c(=O)[nH]c2c1. The number of nitrogens with one attached hydrogen (secondary N) is 2. The summed E-state index contributed by atoms with van der Waals surface area (Å²) in [6.07, 6.45) is 0. The third kappa shape index (κ3) is 4.39. The summed E-state index contributed by atoms with van der Waals surface area (Å²) in [5, 5.41) is 4.41. The van der Waals surface area contributed by atoms with E-state index in [0.29, 0.717) is 23.9 Å². The maximum Gasteiger partial charge on any atom is 0.253 e. The lowest BCUT2D eigenvalue weighted by molar-refractivity contribution is 0.400. The van der Waals surface area contributed by atoms with E-state index >= 15 is 0 Å². The summed E-state index contributed by atoms with van der Waals surface area (Å²) in [5.74, 6) is 2.35. The molecule has 2 aromatic carbocycles. The Labute approximate surface area is 172 Å². The van der Waals surface area contributed by atoms with Crippen LogP contribution < -0.4 is 20.3 Å². The molecule has 1 heterocycles. The monoisotopic (exact) mass is 394 g/mol. The van der Waals surface area contributed by atoms with Crippen molar-refractivity contribution in [1.82, 2.24) is 4.98 Å². The molecule has 3 rings (SSSR count). The van der Waals surface area contributed by atoms with Gasteiger partial charge >= 0.3 is 0 Å². The molecule has 0 saturated heterocycles. The van der Waals surface area contributed by atoms with Crippen LogP contribution in [0.25, 0.3) is 10.9 Å². The molecule has 0 aliphatic rings. The van der Waals surface area contributed by atoms with Gasteiger partial charge in [0.05, 0.1) is 19.7 Å². The van der Waals surface area contributed by atoms with Crippen LogP contribution in [-0.4, -0.2) is 19.2 Å². The van der Waals surface area contributed by atoms with Crippen LogP contribution in [0.5, 0.6) is 11.5 Å². The van der Waals surface area contributed by atoms with Crippen LogP contribution in [-0.2, 0) is 6.54 Å². The van der Waals surface area contributed by atoms with E-state index in [0.717, 1.165) is 28.1 Å². The number of hydrogen-bond donors (Lipinski definition) is 2. The zero-order valence-corrected chi connectivity index (χ0v) is 18.1. The van der Waals surface area contributed by atoms with Crippen molar-refractivity contribution in [3.8, 4) is 11.5 Å². The maximum atomic E-state index is 12.5. The van der Waals surface area contributed by atoms with Gasteiger partial charge in [-0.15, -0.1) is 0 Å². The van der Waals surface area contributed by atoms with Crippen molar-refractivity contribution < 1.29 is 9.47 Å². The second-order valence-electron chi connectivity index (χ2n) is 7.93. The number of rotatable bonds is 7. The molecule has 1 aromatic heterocycles. The van der Waals surface area contributed by atoms with E-state index < -0.39 is 0 Å². The van der Waals surface area contributed by atoms with Gasteiger partial charge < -0.3 is 19.8 Å². The molecule has 0 spiro atoms. The van der Waals surface area contributed by atoms with Gasteiger partial charge in [0.25, 0.3) is 5.56 Å². The smallest absolute Gasteiger partial charge is 0.253 e. The highest BCUT2D eigenvalue weighted by molar-refractivity contribution is 5.80. The van der Waals surface area contributed by atoms with Gasteiger partial charge in [0.15, 0.2) is 0 Å². The predicted molar refractivity (Wildman–Crippen MR) is 120 cm³/mol. The topological polar surface area (TPSA) is 63.4 Å². The third-order valence-electron chi connectivity index (χ3n) is 5.21. The number of aromatic amines is 1. The number of anilines is 1. The van der Waals surface area contributed by atoms with Crippen LogP contribution in [0.1, 0.15) is 56.2 Å². The quantitative estimate of drug-likeness (QED) is 0.563. The summed E-state index contributed by atoms with van der Waals surface area (Å²) >= 11 is 0. The van der Waals surface area contributed by atoms with E-state index in [-0.39, 0.29) is 5.56 Å². The van der Waals surface area contributed by atoms with E-state index in [9.17, 15) is 4.79 Å². The summed E-state index contributed by atoms with van der Waals surface area (Å²) in [5.41, 5.74) is 4.69. The first-order valence-corrected chi connectivity index (χ1v) is 9.99. The molecule has 154 valence electrons. The van der Waals surface area contributed by atoms with Crippen molar-refractivity contribution in [3.63, 3.8) is 0 Å². The maximum absolute atomic E-state index is 12.5. The van der Waals surface area contributed by atoms with Gasteiger partial charge in [-0.3, -0.25) is 4.79 Å². The van der Waals surface area contributed by atoms with Crippen LogP contribution in [0.3, 0.4) is 0 Å². The van der Waals surface area contributed by atoms with Gasteiger partial charge in [0.2, 0.25) is 0 Å². The van der Waals surface area contributed by atoms with E-state index in [1.165, 1.54) is 11.1 Å². The summed E-state index contributed by atoms with van der Waals surface area (Å²) < 4.78 is 10.9. The highest BCUT2D eigenvalue weighted by Crippen LogP contribution is 2.37. The molecule has 5 nitrogen and oxygen atoms in total. The van der Waals surface area contributed by atoms with Crippen molar-refractivity contribution in [3.05, 3.63) is 63.4 Å². The summed E-state index contributed by atoms with van der Waals surface area (Å²) in [6.45, 7) is 9.09. The van der Waals surface area contributed by atoms with Crippen molar-refractivity contribution in [2.24, 2.45) is 0 Å². The standard InChI is InChI=1S/C24H30N2O3/c1-14(2)20-10-18(11-21(15(3)4)23(20)29-6)25-13-17-9-16-7-8-19(28-5)12-22(16)26-24(17)27/h7-12,14-15,25H,13H2,1-6H3,(H,26,27). The molecule has 3 aromatic rings. The second kappa shape index (κ2) is 8.60. The van der Waals surface area contributed by atoms with Crippen LogP contribution in [0.15, 0.2) is 41.2 Å². The number of benzene rings is 2. The minimum atomic E-state index is -0.0973. The Morgan fingerprint density at radius 3 is 2.14 bits per heavy atom. The minimum absolute atomic E-state index is 0.0973. The molecule has 29 heavy (non-hydrogen) atoms. The largest absolute Gasteiger partial charge is 0.497 e. The Morgan fingerprint density at radius 2 is 1.59 bits per heavy atom. The first-order chi connectivity index (χ1) is 13.8. The van der Waals surface area contributed by atoms with Crippen LogP contribution in [0, 0.1) is 0 Å². The number of methoxy groups -OCH3 is 2. The average Bonchev–Trinajstić information content (AvgIpc) is 2.70. The van der Waals surface area contributed by atoms with Crippen LogP contribution >= 0.6 is 0 Å². The first kappa shape index (κ1) is 20.8. The Morgan fingerprint density at radius 1 is 0.931 bits per heavy atom. The van der Waals surface area contributed by atoms with E-state index in [1.54, 1.807) is 14.2 Å². The summed E-state index contributed by atoms with van der Waals surface area (Å²) in [6, 6.07) is 11.9. The van der Waals surface area contributed by atoms with Crippen LogP contribution in [0.2, 0.25) is 0 Å². The molecule has 0 unspecified atom stereocenters. The zero-order valence-electron chi connectivity index (χ0n) is 18.1. The van der Waals surface area contributed by atoms with Crippen LogP contribution in [0.4, 0.5) is 5.69 Å². The third-order valence-corrected chi connectivity index (χ3v) is 5.21. The lowest BCUT2D eigenvalue weighted by Crippen LogP contribution is -2.16. The number of H-pyrrole nitrogens is 1. The number of fused-ring (bicyclic) bond motifs is 1. The molecule has 0 atom stereocenters. The minimum Gasteiger partial charge on any atom is -0.497 e. The molecular weight excluding hydrogens is 364 g/mol. The lowest BCUT2D eigenvalue weighted by Gasteiger charge is -2.21. The molecule has 5 heteroatoms.